The molecule has 2 aromatic heterocycles. The van der Waals surface area contributed by atoms with E-state index in [1.165, 1.54) is 12.1 Å². The first kappa shape index (κ1) is 17.0. The van der Waals surface area contributed by atoms with Crippen molar-refractivity contribution >= 4 is 28.3 Å². The number of imidazole rings is 1. The molecule has 4 rings (SSSR count). The molecule has 5 nitrogen and oxygen atoms in total. The lowest BCUT2D eigenvalue weighted by molar-refractivity contribution is -0.137. The number of amides is 2. The quantitative estimate of drug-likeness (QED) is 0.477. The molecule has 0 aliphatic carbocycles. The number of carbonyl (C=O) groups is 1. The van der Waals surface area contributed by atoms with Crippen LogP contribution in [-0.2, 0) is 12.7 Å². The maximum Gasteiger partial charge on any atom is 0.416 e. The summed E-state index contributed by atoms with van der Waals surface area (Å²) in [6.45, 7) is 0.122. The number of urea groups is 1. The van der Waals surface area contributed by atoms with Gasteiger partial charge in [-0.05, 0) is 35.9 Å². The Bertz CT molecular complexity index is 1110. The third-order valence-corrected chi connectivity index (χ3v) is 4.32. The molecule has 8 heteroatoms. The Morgan fingerprint density at radius 1 is 1.11 bits per heavy atom. The summed E-state index contributed by atoms with van der Waals surface area (Å²) in [5.41, 5.74) is 2.37. The fraction of sp³-hybridized carbons (Fsp3) is 0.105. The van der Waals surface area contributed by atoms with E-state index in [0.29, 0.717) is 11.3 Å². The highest BCUT2D eigenvalue weighted by Gasteiger charge is 2.29. The molecule has 0 atom stereocenters. The van der Waals surface area contributed by atoms with Gasteiger partial charge in [-0.15, -0.1) is 0 Å². The monoisotopic (exact) mass is 372 g/mol. The Kier molecular flexibility index (Phi) is 4.02. The van der Waals surface area contributed by atoms with Gasteiger partial charge in [0.05, 0.1) is 16.8 Å². The summed E-state index contributed by atoms with van der Waals surface area (Å²) in [5.74, 6) is 0. The number of halogens is 3. The zero-order valence-corrected chi connectivity index (χ0v) is 14.0. The molecule has 4 aromatic rings. The van der Waals surface area contributed by atoms with Crippen LogP contribution in [0.2, 0.25) is 0 Å². The second-order valence-corrected chi connectivity index (χ2v) is 6.10. The Morgan fingerprint density at radius 3 is 2.63 bits per heavy atom. The Hall–Kier alpha value is -3.42. The molecule has 0 bridgehead atoms. The van der Waals surface area contributed by atoms with E-state index < -0.39 is 17.8 Å². The molecule has 2 heterocycles. The summed E-state index contributed by atoms with van der Waals surface area (Å²) >= 11 is 0. The van der Waals surface area contributed by atoms with Gasteiger partial charge in [-0.1, -0.05) is 18.2 Å². The van der Waals surface area contributed by atoms with Gasteiger partial charge in [0.15, 0.2) is 0 Å². The third kappa shape index (κ3) is 3.33. The van der Waals surface area contributed by atoms with E-state index in [0.717, 1.165) is 28.7 Å². The highest BCUT2D eigenvalue weighted by atomic mass is 19.4. The van der Waals surface area contributed by atoms with E-state index in [4.69, 9.17) is 0 Å². The minimum absolute atomic E-state index is 0.122. The van der Waals surface area contributed by atoms with Crippen LogP contribution in [0.1, 0.15) is 11.1 Å². The zero-order chi connectivity index (χ0) is 19.0. The van der Waals surface area contributed by atoms with E-state index in [-0.39, 0.29) is 6.54 Å². The number of hydrogen-bond acceptors (Lipinski definition) is 1. The molecule has 0 saturated carbocycles. The fourth-order valence-electron chi connectivity index (χ4n) is 2.99. The van der Waals surface area contributed by atoms with Crippen molar-refractivity contribution in [3.63, 3.8) is 0 Å². The third-order valence-electron chi connectivity index (χ3n) is 4.32. The van der Waals surface area contributed by atoms with Crippen LogP contribution >= 0.6 is 0 Å². The van der Waals surface area contributed by atoms with Gasteiger partial charge in [0.1, 0.15) is 5.65 Å². The number of anilines is 1. The van der Waals surface area contributed by atoms with Crippen molar-refractivity contribution in [2.24, 2.45) is 0 Å². The van der Waals surface area contributed by atoms with Crippen LogP contribution in [0, 0.1) is 0 Å². The molecule has 0 spiro atoms. The van der Waals surface area contributed by atoms with Crippen LogP contribution in [-0.4, -0.2) is 15.4 Å². The number of aromatic amines is 1. The lowest BCUT2D eigenvalue weighted by Crippen LogP contribution is -2.28. The second-order valence-electron chi connectivity index (χ2n) is 6.10. The van der Waals surface area contributed by atoms with Gasteiger partial charge >= 0.3 is 12.2 Å². The predicted octanol–water partition coefficient (Wildman–Crippen LogP) is 4.76. The summed E-state index contributed by atoms with van der Waals surface area (Å²) in [7, 11) is 0. The van der Waals surface area contributed by atoms with E-state index in [1.807, 2.05) is 35.0 Å². The van der Waals surface area contributed by atoms with Gasteiger partial charge < -0.3 is 20.0 Å². The van der Waals surface area contributed by atoms with E-state index in [2.05, 4.69) is 15.6 Å². The lowest BCUT2D eigenvalue weighted by Gasteiger charge is -2.10. The van der Waals surface area contributed by atoms with Crippen molar-refractivity contribution < 1.29 is 18.0 Å². The number of benzene rings is 2. The molecule has 2 amide bonds. The number of hydrogen-bond donors (Lipinski definition) is 3. The zero-order valence-electron chi connectivity index (χ0n) is 14.0. The second kappa shape index (κ2) is 6.39. The van der Waals surface area contributed by atoms with Gasteiger partial charge in [-0.25, -0.2) is 4.79 Å². The molecular weight excluding hydrogens is 357 g/mol. The summed E-state index contributed by atoms with van der Waals surface area (Å²) < 4.78 is 39.7. The van der Waals surface area contributed by atoms with Crippen molar-refractivity contribution in [3.05, 3.63) is 72.1 Å². The number of H-pyrrole nitrogens is 1. The average molecular weight is 372 g/mol. The van der Waals surface area contributed by atoms with Crippen LogP contribution in [0.25, 0.3) is 16.6 Å². The van der Waals surface area contributed by atoms with Crippen molar-refractivity contribution in [1.29, 1.82) is 0 Å². The number of alkyl halides is 3. The Morgan fingerprint density at radius 2 is 1.89 bits per heavy atom. The smallest absolute Gasteiger partial charge is 0.346 e. The van der Waals surface area contributed by atoms with Crippen LogP contribution in [0.3, 0.4) is 0 Å². The number of carbonyl (C=O) groups excluding carboxylic acids is 1. The number of rotatable bonds is 3. The Balaban J connectivity index is 1.44. The highest BCUT2D eigenvalue weighted by Crippen LogP contribution is 2.29. The molecule has 3 N–H and O–H groups in total. The molecule has 2 aromatic carbocycles. The average Bonchev–Trinajstić information content (AvgIpc) is 3.22. The molecule has 0 fully saturated rings. The first-order chi connectivity index (χ1) is 12.9. The van der Waals surface area contributed by atoms with Crippen molar-refractivity contribution in [2.75, 3.05) is 5.32 Å². The minimum Gasteiger partial charge on any atom is -0.346 e. The van der Waals surface area contributed by atoms with E-state index in [9.17, 15) is 18.0 Å². The lowest BCUT2D eigenvalue weighted by atomic mass is 10.1. The first-order valence-corrected chi connectivity index (χ1v) is 8.20. The van der Waals surface area contributed by atoms with Crippen LogP contribution in [0.15, 0.2) is 60.9 Å². The van der Waals surface area contributed by atoms with E-state index in [1.54, 1.807) is 6.07 Å². The summed E-state index contributed by atoms with van der Waals surface area (Å²) in [6, 6.07) is 11.8. The minimum atomic E-state index is -4.37. The molecule has 138 valence electrons. The normalized spacial score (nSPS) is 11.8. The Labute approximate surface area is 151 Å². The molecule has 0 radical (unpaired) electrons. The standard InChI is InChI=1S/C19H15F3N4O/c20-19(21,22)13-6-4-12(5-7-13)11-24-18(27)25-15-2-1-3-16-14(15)10-17-23-8-9-26(16)17/h1-10,23H,11H2,(H2,24,25,27). The van der Waals surface area contributed by atoms with Crippen molar-refractivity contribution in [1.82, 2.24) is 14.7 Å². The maximum absolute atomic E-state index is 12.6. The van der Waals surface area contributed by atoms with Crippen molar-refractivity contribution in [2.45, 2.75) is 12.7 Å². The van der Waals surface area contributed by atoms with Gasteiger partial charge in [0.25, 0.3) is 0 Å². The fourth-order valence-corrected chi connectivity index (χ4v) is 2.99. The van der Waals surface area contributed by atoms with Crippen LogP contribution < -0.4 is 10.6 Å². The summed E-state index contributed by atoms with van der Waals surface area (Å²) in [5, 5.41) is 6.32. The molecule has 0 aliphatic rings. The SMILES string of the molecule is O=C(NCc1ccc(C(F)(F)F)cc1)Nc1cccc2c1cc1[nH]ccn12. The highest BCUT2D eigenvalue weighted by molar-refractivity contribution is 6.02. The molecule has 0 saturated heterocycles. The van der Waals surface area contributed by atoms with Crippen LogP contribution in [0.4, 0.5) is 23.7 Å². The first-order valence-electron chi connectivity index (χ1n) is 8.20. The molecule has 0 aliphatic heterocycles. The van der Waals surface area contributed by atoms with Gasteiger partial charge in [0, 0.05) is 24.3 Å². The largest absolute Gasteiger partial charge is 0.416 e. The van der Waals surface area contributed by atoms with E-state index >= 15 is 0 Å². The maximum atomic E-state index is 12.6. The molecular formula is C19H15F3N4O. The van der Waals surface area contributed by atoms with Gasteiger partial charge in [-0.3, -0.25) is 0 Å². The topological polar surface area (TPSA) is 61.3 Å². The number of nitrogens with one attached hydrogen (secondary N) is 3. The molecule has 0 unspecified atom stereocenters. The number of nitrogens with zero attached hydrogens (tertiary/aromatic N) is 1. The molecule has 27 heavy (non-hydrogen) atoms. The number of aromatic nitrogens is 2. The van der Waals surface area contributed by atoms with Gasteiger partial charge in [-0.2, -0.15) is 13.2 Å². The van der Waals surface area contributed by atoms with Gasteiger partial charge in [0.2, 0.25) is 0 Å². The summed E-state index contributed by atoms with van der Waals surface area (Å²) in [6.07, 6.45) is -0.651. The van der Waals surface area contributed by atoms with Crippen LogP contribution in [0.5, 0.6) is 0 Å². The van der Waals surface area contributed by atoms with Crippen molar-refractivity contribution in [3.8, 4) is 0 Å². The summed E-state index contributed by atoms with van der Waals surface area (Å²) in [4.78, 5) is 15.3. The number of fused-ring (bicyclic) bond motifs is 3. The predicted molar refractivity (Wildman–Crippen MR) is 96.6 cm³/mol.